The molecule has 3 rings (SSSR count). The van der Waals surface area contributed by atoms with Gasteiger partial charge in [0.25, 0.3) is 0 Å². The minimum atomic E-state index is 0.0670. The Morgan fingerprint density at radius 1 is 1.09 bits per heavy atom. The van der Waals surface area contributed by atoms with E-state index >= 15 is 0 Å². The van der Waals surface area contributed by atoms with Gasteiger partial charge in [0.15, 0.2) is 5.78 Å². The molecular formula is C19H19NOS. The van der Waals surface area contributed by atoms with Crippen LogP contribution in [0.5, 0.6) is 0 Å². The van der Waals surface area contributed by atoms with Gasteiger partial charge in [-0.05, 0) is 18.6 Å². The predicted octanol–water partition coefficient (Wildman–Crippen LogP) is 5.12. The number of unbranched alkanes of at least 4 members (excludes halogenated alkanes) is 1. The Bertz CT molecular complexity index is 694. The predicted molar refractivity (Wildman–Crippen MR) is 93.4 cm³/mol. The largest absolute Gasteiger partial charge is 0.335 e. The van der Waals surface area contributed by atoms with E-state index in [0.29, 0.717) is 0 Å². The second kappa shape index (κ2) is 6.84. The van der Waals surface area contributed by atoms with Crippen LogP contribution in [0, 0.1) is 0 Å². The summed E-state index contributed by atoms with van der Waals surface area (Å²) in [7, 11) is 0. The minimum absolute atomic E-state index is 0.0670. The summed E-state index contributed by atoms with van der Waals surface area (Å²) in [6, 6.07) is 17.8. The molecule has 22 heavy (non-hydrogen) atoms. The first-order valence-corrected chi connectivity index (χ1v) is 8.46. The maximum atomic E-state index is 12.5. The normalized spacial score (nSPS) is 15.1. The average Bonchev–Trinajstić information content (AvgIpc) is 2.91. The number of allylic oxidation sites excluding steroid dienone is 1. The van der Waals surface area contributed by atoms with Crippen molar-refractivity contribution in [1.82, 2.24) is 0 Å². The van der Waals surface area contributed by atoms with Crippen LogP contribution in [0.4, 0.5) is 5.69 Å². The summed E-state index contributed by atoms with van der Waals surface area (Å²) in [6.07, 6.45) is 4.03. The number of hydrogen-bond acceptors (Lipinski definition) is 3. The van der Waals surface area contributed by atoms with Gasteiger partial charge in [-0.3, -0.25) is 4.79 Å². The first-order chi connectivity index (χ1) is 10.8. The first kappa shape index (κ1) is 14.9. The molecule has 0 bridgehead atoms. The number of fused-ring (bicyclic) bond motifs is 1. The van der Waals surface area contributed by atoms with Gasteiger partial charge in [-0.1, -0.05) is 67.6 Å². The number of benzene rings is 2. The van der Waals surface area contributed by atoms with E-state index in [2.05, 4.69) is 30.0 Å². The molecule has 0 fully saturated rings. The van der Waals surface area contributed by atoms with E-state index in [4.69, 9.17) is 0 Å². The van der Waals surface area contributed by atoms with Gasteiger partial charge in [-0.2, -0.15) is 0 Å². The monoisotopic (exact) mass is 309 g/mol. The molecule has 2 aromatic rings. The molecule has 0 aliphatic carbocycles. The molecule has 0 radical (unpaired) electrons. The highest BCUT2D eigenvalue weighted by Crippen LogP contribution is 2.45. The molecule has 2 aromatic carbocycles. The highest BCUT2D eigenvalue weighted by Gasteiger charge is 2.24. The van der Waals surface area contributed by atoms with Gasteiger partial charge in [-0.15, -0.1) is 0 Å². The molecule has 0 saturated heterocycles. The van der Waals surface area contributed by atoms with Crippen LogP contribution in [0.15, 0.2) is 70.6 Å². The lowest BCUT2D eigenvalue weighted by Crippen LogP contribution is -2.19. The van der Waals surface area contributed by atoms with Crippen molar-refractivity contribution in [3.8, 4) is 0 Å². The smallest absolute Gasteiger partial charge is 0.188 e. The quantitative estimate of drug-likeness (QED) is 0.564. The van der Waals surface area contributed by atoms with Crippen LogP contribution in [-0.2, 0) is 0 Å². The third-order valence-electron chi connectivity index (χ3n) is 3.68. The van der Waals surface area contributed by atoms with Gasteiger partial charge in [0.2, 0.25) is 0 Å². The molecule has 1 heterocycles. The molecular weight excluding hydrogens is 290 g/mol. The number of carbonyl (C=O) groups excluding carboxylic acids is 1. The van der Waals surface area contributed by atoms with Crippen molar-refractivity contribution in [2.75, 3.05) is 11.4 Å². The molecule has 1 aliphatic rings. The lowest BCUT2D eigenvalue weighted by atomic mass is 10.1. The van der Waals surface area contributed by atoms with E-state index in [1.54, 1.807) is 17.8 Å². The lowest BCUT2D eigenvalue weighted by molar-refractivity contribution is 0.104. The highest BCUT2D eigenvalue weighted by atomic mass is 32.2. The van der Waals surface area contributed by atoms with E-state index in [1.807, 2.05) is 36.4 Å². The Morgan fingerprint density at radius 2 is 1.82 bits per heavy atom. The summed E-state index contributed by atoms with van der Waals surface area (Å²) in [5, 5.41) is 1.03. The summed E-state index contributed by atoms with van der Waals surface area (Å²) in [5.41, 5.74) is 1.95. The molecule has 0 amide bonds. The summed E-state index contributed by atoms with van der Waals surface area (Å²) in [5.74, 6) is 0.0670. The molecule has 0 N–H and O–H groups in total. The van der Waals surface area contributed by atoms with E-state index in [9.17, 15) is 4.79 Å². The van der Waals surface area contributed by atoms with E-state index in [0.717, 1.165) is 30.0 Å². The number of anilines is 1. The topological polar surface area (TPSA) is 20.3 Å². The molecule has 0 saturated carbocycles. The average molecular weight is 309 g/mol. The van der Waals surface area contributed by atoms with Crippen molar-refractivity contribution in [3.05, 3.63) is 71.3 Å². The maximum absolute atomic E-state index is 12.5. The van der Waals surface area contributed by atoms with Crippen molar-refractivity contribution in [2.24, 2.45) is 0 Å². The Hall–Kier alpha value is -2.00. The fourth-order valence-corrected chi connectivity index (χ4v) is 3.63. The van der Waals surface area contributed by atoms with Gasteiger partial charge in [0.05, 0.1) is 10.7 Å². The van der Waals surface area contributed by atoms with Gasteiger partial charge in [0.1, 0.15) is 0 Å². The fraction of sp³-hybridized carbons (Fsp3) is 0.211. The molecule has 0 atom stereocenters. The first-order valence-electron chi connectivity index (χ1n) is 7.65. The molecule has 3 heteroatoms. The summed E-state index contributed by atoms with van der Waals surface area (Å²) < 4.78 is 0. The third-order valence-corrected chi connectivity index (χ3v) is 4.80. The summed E-state index contributed by atoms with van der Waals surface area (Å²) in [6.45, 7) is 3.14. The summed E-state index contributed by atoms with van der Waals surface area (Å²) >= 11 is 1.68. The molecule has 0 spiro atoms. The Balaban J connectivity index is 1.89. The zero-order valence-corrected chi connectivity index (χ0v) is 13.5. The number of rotatable bonds is 5. The van der Waals surface area contributed by atoms with Crippen molar-refractivity contribution in [2.45, 2.75) is 24.7 Å². The van der Waals surface area contributed by atoms with Gasteiger partial charge < -0.3 is 4.90 Å². The minimum Gasteiger partial charge on any atom is -0.335 e. The second-order valence-corrected chi connectivity index (χ2v) is 6.35. The van der Waals surface area contributed by atoms with Gasteiger partial charge in [-0.25, -0.2) is 0 Å². The SMILES string of the molecule is CCCCN1/C(=C/C(=O)c2ccccc2)Sc2ccccc21. The Morgan fingerprint density at radius 3 is 2.59 bits per heavy atom. The van der Waals surface area contributed by atoms with Crippen molar-refractivity contribution in [3.63, 3.8) is 0 Å². The van der Waals surface area contributed by atoms with Crippen molar-refractivity contribution >= 4 is 23.2 Å². The standard InChI is InChI=1S/C19H19NOS/c1-2-3-13-20-16-11-7-8-12-18(16)22-19(20)14-17(21)15-9-5-4-6-10-15/h4-12,14H,2-3,13H2,1H3/b19-14-. The van der Waals surface area contributed by atoms with Crippen LogP contribution in [0.1, 0.15) is 30.1 Å². The number of nitrogens with zero attached hydrogens (tertiary/aromatic N) is 1. The number of carbonyl (C=O) groups is 1. The number of hydrogen-bond donors (Lipinski definition) is 0. The number of thioether (sulfide) groups is 1. The van der Waals surface area contributed by atoms with Crippen molar-refractivity contribution in [1.29, 1.82) is 0 Å². The molecule has 0 aromatic heterocycles. The Kier molecular flexibility index (Phi) is 4.64. The van der Waals surface area contributed by atoms with Crippen LogP contribution in [0.2, 0.25) is 0 Å². The summed E-state index contributed by atoms with van der Waals surface area (Å²) in [4.78, 5) is 16.0. The molecule has 112 valence electrons. The fourth-order valence-electron chi connectivity index (χ4n) is 2.51. The van der Waals surface area contributed by atoms with E-state index < -0.39 is 0 Å². The van der Waals surface area contributed by atoms with Gasteiger partial charge in [0, 0.05) is 23.1 Å². The van der Waals surface area contributed by atoms with Crippen LogP contribution >= 0.6 is 11.8 Å². The molecule has 2 nitrogen and oxygen atoms in total. The lowest BCUT2D eigenvalue weighted by Gasteiger charge is -2.20. The van der Waals surface area contributed by atoms with Crippen LogP contribution < -0.4 is 4.90 Å². The zero-order chi connectivity index (χ0) is 15.4. The van der Waals surface area contributed by atoms with E-state index in [-0.39, 0.29) is 5.78 Å². The van der Waals surface area contributed by atoms with Crippen molar-refractivity contribution < 1.29 is 4.79 Å². The van der Waals surface area contributed by atoms with E-state index in [1.165, 1.54) is 10.6 Å². The maximum Gasteiger partial charge on any atom is 0.188 e. The number of para-hydroxylation sites is 1. The molecule has 0 unspecified atom stereocenters. The molecule has 1 aliphatic heterocycles. The zero-order valence-electron chi connectivity index (χ0n) is 12.7. The van der Waals surface area contributed by atoms with Crippen LogP contribution in [-0.4, -0.2) is 12.3 Å². The highest BCUT2D eigenvalue weighted by molar-refractivity contribution is 8.03. The third kappa shape index (κ3) is 3.09. The Labute approximate surface area is 135 Å². The van der Waals surface area contributed by atoms with Gasteiger partial charge >= 0.3 is 0 Å². The second-order valence-electron chi connectivity index (χ2n) is 5.29. The van der Waals surface area contributed by atoms with Crippen LogP contribution in [0.3, 0.4) is 0 Å². The number of ketones is 1. The van der Waals surface area contributed by atoms with Crippen LogP contribution in [0.25, 0.3) is 0 Å².